The minimum Gasteiger partial charge on any atom is -0.392 e. The van der Waals surface area contributed by atoms with Crippen LogP contribution in [-0.4, -0.2) is 27.9 Å². The molecule has 2 atom stereocenters. The van der Waals surface area contributed by atoms with Crippen LogP contribution in [0, 0.1) is 0 Å². The van der Waals surface area contributed by atoms with E-state index in [9.17, 15) is 5.11 Å². The summed E-state index contributed by atoms with van der Waals surface area (Å²) in [6.07, 6.45) is 0.314. The Labute approximate surface area is 108 Å². The third-order valence-electron chi connectivity index (χ3n) is 2.59. The lowest BCUT2D eigenvalue weighted by Crippen LogP contribution is -2.15. The Balaban J connectivity index is 0.00000108. The van der Waals surface area contributed by atoms with Gasteiger partial charge in [-0.25, -0.2) is 0 Å². The van der Waals surface area contributed by atoms with E-state index in [0.29, 0.717) is 24.7 Å². The van der Waals surface area contributed by atoms with Gasteiger partial charge in [-0.3, -0.25) is 0 Å². The molecule has 2 N–H and O–H groups in total. The first-order valence-corrected chi connectivity index (χ1v) is 6.00. The van der Waals surface area contributed by atoms with E-state index >= 15 is 0 Å². The second-order valence-electron chi connectivity index (χ2n) is 3.78. The summed E-state index contributed by atoms with van der Waals surface area (Å²) in [4.78, 5) is 5.32. The molecule has 17 heavy (non-hydrogen) atoms. The zero-order valence-corrected chi connectivity index (χ0v) is 10.5. The van der Waals surface area contributed by atoms with Gasteiger partial charge in [0.05, 0.1) is 17.0 Å². The molecule has 1 fully saturated rings. The van der Waals surface area contributed by atoms with Crippen molar-refractivity contribution in [1.29, 1.82) is 0 Å². The molecule has 5 nitrogen and oxygen atoms in total. The van der Waals surface area contributed by atoms with Crippen LogP contribution >= 0.6 is 23.7 Å². The third kappa shape index (κ3) is 2.50. The van der Waals surface area contributed by atoms with E-state index < -0.39 is 0 Å². The highest BCUT2D eigenvalue weighted by Gasteiger charge is 2.28. The van der Waals surface area contributed by atoms with Gasteiger partial charge in [0, 0.05) is 6.54 Å². The van der Waals surface area contributed by atoms with Gasteiger partial charge in [0.25, 0.3) is 0 Å². The molecule has 1 aliphatic rings. The van der Waals surface area contributed by atoms with Gasteiger partial charge in [0.1, 0.15) is 0 Å². The number of thiophene rings is 1. The van der Waals surface area contributed by atoms with Gasteiger partial charge >= 0.3 is 0 Å². The number of aromatic nitrogens is 2. The minimum absolute atomic E-state index is 0. The highest BCUT2D eigenvalue weighted by atomic mass is 35.5. The van der Waals surface area contributed by atoms with Crippen molar-refractivity contribution < 1.29 is 9.63 Å². The van der Waals surface area contributed by atoms with Crippen LogP contribution in [0.25, 0.3) is 10.7 Å². The maximum absolute atomic E-state index is 9.40. The molecule has 0 spiro atoms. The zero-order chi connectivity index (χ0) is 11.0. The molecule has 7 heteroatoms. The van der Waals surface area contributed by atoms with Gasteiger partial charge in [-0.2, -0.15) is 4.98 Å². The molecule has 0 unspecified atom stereocenters. The van der Waals surface area contributed by atoms with E-state index in [4.69, 9.17) is 4.52 Å². The molecule has 92 valence electrons. The van der Waals surface area contributed by atoms with Crippen LogP contribution in [-0.2, 0) is 0 Å². The van der Waals surface area contributed by atoms with Gasteiger partial charge < -0.3 is 14.9 Å². The lowest BCUT2D eigenvalue weighted by Gasteiger charge is -2.01. The molecule has 2 aromatic rings. The Morgan fingerprint density at radius 1 is 1.53 bits per heavy atom. The summed E-state index contributed by atoms with van der Waals surface area (Å²) in [5.74, 6) is 1.17. The fraction of sp³-hybridized carbons (Fsp3) is 0.400. The largest absolute Gasteiger partial charge is 0.392 e. The van der Waals surface area contributed by atoms with Crippen molar-refractivity contribution in [2.75, 3.05) is 6.54 Å². The Morgan fingerprint density at radius 2 is 2.41 bits per heavy atom. The molecule has 0 amide bonds. The first kappa shape index (κ1) is 12.5. The van der Waals surface area contributed by atoms with E-state index in [1.165, 1.54) is 0 Å². The molecule has 3 heterocycles. The number of nitrogens with zero attached hydrogens (tertiary/aromatic N) is 2. The van der Waals surface area contributed by atoms with Crippen LogP contribution in [0.5, 0.6) is 0 Å². The lowest BCUT2D eigenvalue weighted by atomic mass is 10.2. The normalized spacial score (nSPS) is 23.6. The van der Waals surface area contributed by atoms with E-state index in [1.807, 2.05) is 17.5 Å². The summed E-state index contributed by atoms with van der Waals surface area (Å²) >= 11 is 1.58. The van der Waals surface area contributed by atoms with Crippen LogP contribution in [0.2, 0.25) is 0 Å². The van der Waals surface area contributed by atoms with Gasteiger partial charge in [-0.1, -0.05) is 11.2 Å². The van der Waals surface area contributed by atoms with E-state index in [2.05, 4.69) is 15.5 Å². The zero-order valence-electron chi connectivity index (χ0n) is 8.87. The lowest BCUT2D eigenvalue weighted by molar-refractivity contribution is 0.191. The molecule has 0 aromatic carbocycles. The van der Waals surface area contributed by atoms with Crippen molar-refractivity contribution >= 4 is 23.7 Å². The van der Waals surface area contributed by atoms with Crippen LogP contribution in [0.15, 0.2) is 22.0 Å². The molecule has 1 aliphatic heterocycles. The molecule has 3 rings (SSSR count). The maximum Gasteiger partial charge on any atom is 0.244 e. The van der Waals surface area contributed by atoms with Crippen molar-refractivity contribution in [2.45, 2.75) is 18.6 Å². The summed E-state index contributed by atoms with van der Waals surface area (Å²) in [5, 5.41) is 18.4. The van der Waals surface area contributed by atoms with Gasteiger partial charge in [0.2, 0.25) is 11.7 Å². The first-order valence-electron chi connectivity index (χ1n) is 5.12. The van der Waals surface area contributed by atoms with Crippen LogP contribution < -0.4 is 5.32 Å². The first-order chi connectivity index (χ1) is 7.83. The molecular weight excluding hydrogens is 262 g/mol. The topological polar surface area (TPSA) is 71.2 Å². The predicted molar refractivity (Wildman–Crippen MR) is 66.2 cm³/mol. The summed E-state index contributed by atoms with van der Waals surface area (Å²) in [6.45, 7) is 0.585. The molecule has 0 aliphatic carbocycles. The fourth-order valence-corrected chi connectivity index (χ4v) is 2.44. The molecule has 1 saturated heterocycles. The SMILES string of the molecule is Cl.O[C@@H]1CN[C@@H](c2nc(-c3cccs3)no2)C1. The van der Waals surface area contributed by atoms with Gasteiger partial charge in [-0.05, 0) is 17.9 Å². The van der Waals surface area contributed by atoms with Crippen LogP contribution in [0.3, 0.4) is 0 Å². The highest BCUT2D eigenvalue weighted by molar-refractivity contribution is 7.13. The van der Waals surface area contributed by atoms with Crippen molar-refractivity contribution in [1.82, 2.24) is 15.5 Å². The van der Waals surface area contributed by atoms with Crippen molar-refractivity contribution in [3.05, 3.63) is 23.4 Å². The summed E-state index contributed by atoms with van der Waals surface area (Å²) in [6, 6.07) is 3.89. The van der Waals surface area contributed by atoms with Crippen molar-refractivity contribution in [3.8, 4) is 10.7 Å². The van der Waals surface area contributed by atoms with E-state index in [0.717, 1.165) is 4.88 Å². The number of aliphatic hydroxyl groups is 1. The second kappa shape index (κ2) is 5.14. The van der Waals surface area contributed by atoms with E-state index in [1.54, 1.807) is 11.3 Å². The summed E-state index contributed by atoms with van der Waals surface area (Å²) in [5.41, 5.74) is 0. The average molecular weight is 274 g/mol. The standard InChI is InChI=1S/C10H11N3O2S.ClH/c14-6-4-7(11-5-6)10-12-9(13-15-10)8-2-1-3-16-8;/h1-3,6-7,11,14H,4-5H2;1H/t6-,7+;/m0./s1. The Bertz CT molecular complexity index is 474. The number of rotatable bonds is 2. The van der Waals surface area contributed by atoms with Crippen molar-refractivity contribution in [3.63, 3.8) is 0 Å². The number of halogens is 1. The Hall–Kier alpha value is -0.950. The maximum atomic E-state index is 9.40. The number of hydrogen-bond donors (Lipinski definition) is 2. The van der Waals surface area contributed by atoms with Crippen LogP contribution in [0.1, 0.15) is 18.4 Å². The molecule has 0 radical (unpaired) electrons. The summed E-state index contributed by atoms with van der Waals surface area (Å²) in [7, 11) is 0. The smallest absolute Gasteiger partial charge is 0.244 e. The Kier molecular flexibility index (Phi) is 3.78. The third-order valence-corrected chi connectivity index (χ3v) is 3.45. The van der Waals surface area contributed by atoms with Crippen LogP contribution in [0.4, 0.5) is 0 Å². The number of β-amino-alcohol motifs (C(OH)–C–C–N with tert-alkyl or cyclic N) is 1. The molecular formula is C10H12ClN3O2S. The Morgan fingerprint density at radius 3 is 3.06 bits per heavy atom. The molecule has 2 aromatic heterocycles. The second-order valence-corrected chi connectivity index (χ2v) is 4.73. The monoisotopic (exact) mass is 273 g/mol. The van der Waals surface area contributed by atoms with Crippen molar-refractivity contribution in [2.24, 2.45) is 0 Å². The minimum atomic E-state index is -0.318. The predicted octanol–water partition coefficient (Wildman–Crippen LogP) is 1.62. The summed E-state index contributed by atoms with van der Waals surface area (Å²) < 4.78 is 5.19. The molecule has 0 saturated carbocycles. The number of aliphatic hydroxyl groups excluding tert-OH is 1. The van der Waals surface area contributed by atoms with Gasteiger partial charge in [-0.15, -0.1) is 23.7 Å². The highest BCUT2D eigenvalue weighted by Crippen LogP contribution is 2.26. The number of nitrogens with one attached hydrogen (secondary N) is 1. The van der Waals surface area contributed by atoms with E-state index in [-0.39, 0.29) is 24.6 Å². The number of hydrogen-bond acceptors (Lipinski definition) is 6. The fourth-order valence-electron chi connectivity index (χ4n) is 1.79. The molecule has 0 bridgehead atoms. The van der Waals surface area contributed by atoms with Gasteiger partial charge in [0.15, 0.2) is 0 Å². The average Bonchev–Trinajstić information content (AvgIpc) is 2.97. The quantitative estimate of drug-likeness (QED) is 0.870.